The highest BCUT2D eigenvalue weighted by molar-refractivity contribution is 5.95. The summed E-state index contributed by atoms with van der Waals surface area (Å²) >= 11 is 0. The van der Waals surface area contributed by atoms with Crippen molar-refractivity contribution >= 4 is 5.91 Å². The second kappa shape index (κ2) is 9.23. The van der Waals surface area contributed by atoms with Crippen LogP contribution in [0.2, 0.25) is 0 Å². The molecular formula is C26H25N3O. The summed E-state index contributed by atoms with van der Waals surface area (Å²) in [6.45, 7) is 2.63. The Balaban J connectivity index is 1.73. The van der Waals surface area contributed by atoms with Crippen LogP contribution in [0.4, 0.5) is 0 Å². The number of hydrogen-bond donors (Lipinski definition) is 1. The molecule has 0 fully saturated rings. The van der Waals surface area contributed by atoms with E-state index in [0.717, 1.165) is 23.4 Å². The normalized spacial score (nSPS) is 11.8. The van der Waals surface area contributed by atoms with E-state index < -0.39 is 0 Å². The molecule has 0 saturated heterocycles. The van der Waals surface area contributed by atoms with Crippen LogP contribution in [0.5, 0.6) is 0 Å². The van der Waals surface area contributed by atoms with Gasteiger partial charge in [-0.15, -0.1) is 0 Å². The van der Waals surface area contributed by atoms with Crippen LogP contribution in [0, 0.1) is 0 Å². The minimum Gasteiger partial charge on any atom is -0.348 e. The van der Waals surface area contributed by atoms with Crippen LogP contribution in [0.1, 0.15) is 46.4 Å². The molecule has 0 aliphatic carbocycles. The molecule has 1 aromatic heterocycles. The Bertz CT molecular complexity index is 1090. The molecule has 150 valence electrons. The number of para-hydroxylation sites is 1. The molecule has 0 saturated carbocycles. The quantitative estimate of drug-likeness (QED) is 0.459. The van der Waals surface area contributed by atoms with Crippen LogP contribution in [0.25, 0.3) is 5.69 Å². The summed E-state index contributed by atoms with van der Waals surface area (Å²) in [5.74, 6) is -0.0446. The van der Waals surface area contributed by atoms with Crippen LogP contribution in [0.3, 0.4) is 0 Å². The molecule has 30 heavy (non-hydrogen) atoms. The van der Waals surface area contributed by atoms with E-state index >= 15 is 0 Å². The molecule has 0 radical (unpaired) electrons. The van der Waals surface area contributed by atoms with Gasteiger partial charge in [-0.25, -0.2) is 4.68 Å². The number of benzene rings is 3. The maximum absolute atomic E-state index is 13.2. The number of nitrogens with one attached hydrogen (secondary N) is 1. The van der Waals surface area contributed by atoms with Crippen molar-refractivity contribution < 1.29 is 4.79 Å². The minimum atomic E-state index is -0.106. The maximum atomic E-state index is 13.2. The second-order valence-electron chi connectivity index (χ2n) is 7.23. The monoisotopic (exact) mass is 395 g/mol. The SMILES string of the molecule is CCC(c1ccccc1)c1c(C(=O)NCc2ccccc2)cnn1-c1ccccc1. The lowest BCUT2D eigenvalue weighted by atomic mass is 9.90. The molecule has 1 atom stereocenters. The zero-order valence-corrected chi connectivity index (χ0v) is 17.0. The van der Waals surface area contributed by atoms with Gasteiger partial charge in [0.15, 0.2) is 0 Å². The van der Waals surface area contributed by atoms with E-state index in [-0.39, 0.29) is 11.8 Å². The molecule has 0 bridgehead atoms. The van der Waals surface area contributed by atoms with Crippen LogP contribution in [-0.2, 0) is 6.54 Å². The lowest BCUT2D eigenvalue weighted by Crippen LogP contribution is -2.24. The van der Waals surface area contributed by atoms with Crippen molar-refractivity contribution in [2.45, 2.75) is 25.8 Å². The van der Waals surface area contributed by atoms with Gasteiger partial charge in [0.1, 0.15) is 0 Å². The summed E-state index contributed by atoms with van der Waals surface area (Å²) < 4.78 is 1.90. The molecule has 4 heteroatoms. The lowest BCUT2D eigenvalue weighted by molar-refractivity contribution is 0.0949. The molecule has 1 unspecified atom stereocenters. The van der Waals surface area contributed by atoms with Gasteiger partial charge in [0.25, 0.3) is 5.91 Å². The second-order valence-corrected chi connectivity index (χ2v) is 7.23. The Labute approximate surface area is 177 Å². The first-order valence-electron chi connectivity index (χ1n) is 10.3. The summed E-state index contributed by atoms with van der Waals surface area (Å²) in [6.07, 6.45) is 2.55. The molecule has 3 aromatic carbocycles. The third-order valence-electron chi connectivity index (χ3n) is 5.29. The van der Waals surface area contributed by atoms with Crippen molar-refractivity contribution in [3.05, 3.63) is 120 Å². The average Bonchev–Trinajstić information content (AvgIpc) is 3.25. The molecule has 4 aromatic rings. The summed E-state index contributed by atoms with van der Waals surface area (Å²) in [4.78, 5) is 13.2. The Morgan fingerprint density at radius 1 is 0.900 bits per heavy atom. The van der Waals surface area contributed by atoms with Crippen molar-refractivity contribution in [2.75, 3.05) is 0 Å². The average molecular weight is 396 g/mol. The summed E-state index contributed by atoms with van der Waals surface area (Å²) in [6, 6.07) is 30.2. The van der Waals surface area contributed by atoms with Crippen molar-refractivity contribution in [3.8, 4) is 5.69 Å². The highest BCUT2D eigenvalue weighted by Crippen LogP contribution is 2.32. The highest BCUT2D eigenvalue weighted by Gasteiger charge is 2.25. The van der Waals surface area contributed by atoms with Crippen molar-refractivity contribution in [2.24, 2.45) is 0 Å². The smallest absolute Gasteiger partial charge is 0.255 e. The Hall–Kier alpha value is -3.66. The topological polar surface area (TPSA) is 46.9 Å². The predicted molar refractivity (Wildman–Crippen MR) is 120 cm³/mol. The van der Waals surface area contributed by atoms with Gasteiger partial charge in [-0.2, -0.15) is 5.10 Å². The first-order valence-corrected chi connectivity index (χ1v) is 10.3. The molecule has 0 aliphatic rings. The van der Waals surface area contributed by atoms with E-state index in [0.29, 0.717) is 12.1 Å². The summed E-state index contributed by atoms with van der Waals surface area (Å²) in [5.41, 5.74) is 4.72. The van der Waals surface area contributed by atoms with Crippen molar-refractivity contribution in [1.82, 2.24) is 15.1 Å². The van der Waals surface area contributed by atoms with Crippen molar-refractivity contribution in [1.29, 1.82) is 0 Å². The van der Waals surface area contributed by atoms with Crippen LogP contribution < -0.4 is 5.32 Å². The van der Waals surface area contributed by atoms with E-state index in [1.165, 1.54) is 5.56 Å². The summed E-state index contributed by atoms with van der Waals surface area (Å²) in [7, 11) is 0. The number of carbonyl (C=O) groups excluding carboxylic acids is 1. The van der Waals surface area contributed by atoms with Gasteiger partial charge in [0.05, 0.1) is 23.1 Å². The van der Waals surface area contributed by atoms with Gasteiger partial charge in [-0.05, 0) is 29.7 Å². The fourth-order valence-corrected chi connectivity index (χ4v) is 3.79. The van der Waals surface area contributed by atoms with Gasteiger partial charge < -0.3 is 5.32 Å². The molecule has 1 amide bonds. The Kier molecular flexibility index (Phi) is 6.04. The zero-order valence-electron chi connectivity index (χ0n) is 17.0. The maximum Gasteiger partial charge on any atom is 0.255 e. The van der Waals surface area contributed by atoms with Crippen molar-refractivity contribution in [3.63, 3.8) is 0 Å². The van der Waals surface area contributed by atoms with Gasteiger partial charge in [0, 0.05) is 12.5 Å². The van der Waals surface area contributed by atoms with Gasteiger partial charge in [0.2, 0.25) is 0 Å². The van der Waals surface area contributed by atoms with E-state index in [1.54, 1.807) is 6.20 Å². The minimum absolute atomic E-state index is 0.0615. The number of carbonyl (C=O) groups is 1. The fourth-order valence-electron chi connectivity index (χ4n) is 3.79. The molecule has 0 spiro atoms. The standard InChI is InChI=1S/C26H25N3O/c1-2-23(21-14-8-4-9-15-21)25-24(19-28-29(25)22-16-10-5-11-17-22)26(30)27-18-20-12-6-3-7-13-20/h3-17,19,23H,2,18H2,1H3,(H,27,30). The van der Waals surface area contributed by atoms with Crippen LogP contribution in [0.15, 0.2) is 97.2 Å². The molecule has 4 rings (SSSR count). The van der Waals surface area contributed by atoms with Gasteiger partial charge in [-0.1, -0.05) is 85.8 Å². The van der Waals surface area contributed by atoms with E-state index in [2.05, 4.69) is 29.5 Å². The molecule has 0 aliphatic heterocycles. The van der Waals surface area contributed by atoms with Gasteiger partial charge in [-0.3, -0.25) is 4.79 Å². The van der Waals surface area contributed by atoms with Crippen LogP contribution >= 0.6 is 0 Å². The van der Waals surface area contributed by atoms with Crippen LogP contribution in [-0.4, -0.2) is 15.7 Å². The largest absolute Gasteiger partial charge is 0.348 e. The van der Waals surface area contributed by atoms with E-state index in [1.807, 2.05) is 83.5 Å². The third-order valence-corrected chi connectivity index (χ3v) is 5.29. The molecular weight excluding hydrogens is 370 g/mol. The number of amides is 1. The van der Waals surface area contributed by atoms with Gasteiger partial charge >= 0.3 is 0 Å². The fraction of sp³-hybridized carbons (Fsp3) is 0.154. The first-order chi connectivity index (χ1) is 14.8. The molecule has 1 N–H and O–H groups in total. The summed E-state index contributed by atoms with van der Waals surface area (Å²) in [5, 5.41) is 7.67. The molecule has 4 nitrogen and oxygen atoms in total. The lowest BCUT2D eigenvalue weighted by Gasteiger charge is -2.19. The Morgan fingerprint density at radius 3 is 2.13 bits per heavy atom. The number of aromatic nitrogens is 2. The predicted octanol–water partition coefficient (Wildman–Crippen LogP) is 5.34. The zero-order chi connectivity index (χ0) is 20.8. The van der Waals surface area contributed by atoms with E-state index in [4.69, 9.17) is 0 Å². The number of hydrogen-bond acceptors (Lipinski definition) is 2. The Morgan fingerprint density at radius 2 is 1.50 bits per heavy atom. The van der Waals surface area contributed by atoms with E-state index in [9.17, 15) is 4.79 Å². The third kappa shape index (κ3) is 4.18. The number of nitrogens with zero attached hydrogens (tertiary/aromatic N) is 2. The number of rotatable bonds is 7. The molecule has 1 heterocycles. The highest BCUT2D eigenvalue weighted by atomic mass is 16.1. The first kappa shape index (κ1) is 19.6.